The lowest BCUT2D eigenvalue weighted by molar-refractivity contribution is -0.129. The molecule has 180 valence electrons. The summed E-state index contributed by atoms with van der Waals surface area (Å²) in [4.78, 5) is 59.9. The van der Waals surface area contributed by atoms with Gasteiger partial charge < -0.3 is 25.6 Å². The van der Waals surface area contributed by atoms with Crippen LogP contribution in [0.1, 0.15) is 42.1 Å². The van der Waals surface area contributed by atoms with E-state index in [1.54, 1.807) is 18.2 Å². The Labute approximate surface area is 192 Å². The summed E-state index contributed by atoms with van der Waals surface area (Å²) in [6.07, 6.45) is 2.24. The van der Waals surface area contributed by atoms with Crippen molar-refractivity contribution in [1.82, 2.24) is 20.9 Å². The summed E-state index contributed by atoms with van der Waals surface area (Å²) in [7, 11) is 0. The Morgan fingerprint density at radius 3 is 2.67 bits per heavy atom. The summed E-state index contributed by atoms with van der Waals surface area (Å²) in [6.45, 7) is 4.43. The number of ether oxygens (including phenoxy) is 1. The molecule has 0 aromatic heterocycles. The summed E-state index contributed by atoms with van der Waals surface area (Å²) in [5.74, 6) is -1.03. The lowest BCUT2D eigenvalue weighted by Crippen LogP contribution is -2.46. The third kappa shape index (κ3) is 7.65. The van der Waals surface area contributed by atoms with Crippen LogP contribution in [0.25, 0.3) is 0 Å². The minimum absolute atomic E-state index is 0.177. The molecule has 0 fully saturated rings. The molecule has 1 aliphatic rings. The second-order valence-corrected chi connectivity index (χ2v) is 7.43. The summed E-state index contributed by atoms with van der Waals surface area (Å²) < 4.78 is 5.31. The first-order valence-corrected chi connectivity index (χ1v) is 11.0. The third-order valence-electron chi connectivity index (χ3n) is 5.14. The average Bonchev–Trinajstić information content (AvgIpc) is 3.13. The van der Waals surface area contributed by atoms with Crippen LogP contribution in [-0.4, -0.2) is 74.3 Å². The van der Waals surface area contributed by atoms with Gasteiger partial charge in [0.05, 0.1) is 13.2 Å². The van der Waals surface area contributed by atoms with Crippen LogP contribution in [0.2, 0.25) is 0 Å². The maximum absolute atomic E-state index is 12.9. The van der Waals surface area contributed by atoms with Gasteiger partial charge in [-0.15, -0.1) is 0 Å². The van der Waals surface area contributed by atoms with Gasteiger partial charge in [0.25, 0.3) is 5.91 Å². The normalized spacial score (nSPS) is 13.2. The summed E-state index contributed by atoms with van der Waals surface area (Å²) in [5, 5.41) is 10.6. The molecule has 0 bridgehead atoms. The summed E-state index contributed by atoms with van der Waals surface area (Å²) in [6, 6.07) is 4.32. The molecule has 33 heavy (non-hydrogen) atoms. The van der Waals surface area contributed by atoms with E-state index in [1.807, 2.05) is 6.92 Å². The number of carbonyl (C=O) groups is 5. The van der Waals surface area contributed by atoms with Crippen LogP contribution in [-0.2, 0) is 30.5 Å². The molecule has 0 aliphatic carbocycles. The second kappa shape index (κ2) is 14.0. The van der Waals surface area contributed by atoms with Crippen molar-refractivity contribution in [2.45, 2.75) is 38.8 Å². The highest BCUT2D eigenvalue weighted by atomic mass is 16.5. The zero-order valence-electron chi connectivity index (χ0n) is 18.7. The van der Waals surface area contributed by atoms with E-state index in [-0.39, 0.29) is 24.8 Å². The Kier molecular flexibility index (Phi) is 11.0. The monoisotopic (exact) mass is 461 g/mol. The Morgan fingerprint density at radius 1 is 1.15 bits per heavy atom. The van der Waals surface area contributed by atoms with Gasteiger partial charge in [-0.3, -0.25) is 29.3 Å². The SMILES string of the molecule is CCCC(C(=O)NC=O)N1Cc2c(NC(=O)CCNCCOCCNC=O)cccc2C1=O. The Balaban J connectivity index is 1.88. The largest absolute Gasteiger partial charge is 0.378 e. The topological polar surface area (TPSA) is 146 Å². The quantitative estimate of drug-likeness (QED) is 0.196. The van der Waals surface area contributed by atoms with Gasteiger partial charge in [-0.1, -0.05) is 19.4 Å². The number of nitrogens with zero attached hydrogens (tertiary/aromatic N) is 1. The summed E-state index contributed by atoms with van der Waals surface area (Å²) >= 11 is 0. The molecule has 1 aliphatic heterocycles. The van der Waals surface area contributed by atoms with Gasteiger partial charge in [-0.05, 0) is 18.6 Å². The molecular formula is C22H31N5O6. The molecule has 11 nitrogen and oxygen atoms in total. The van der Waals surface area contributed by atoms with E-state index in [2.05, 4.69) is 21.3 Å². The molecule has 1 unspecified atom stereocenters. The first-order chi connectivity index (χ1) is 16.0. The van der Waals surface area contributed by atoms with Gasteiger partial charge in [-0.2, -0.15) is 0 Å². The lowest BCUT2D eigenvalue weighted by Gasteiger charge is -2.25. The molecule has 0 saturated carbocycles. The van der Waals surface area contributed by atoms with Crippen molar-refractivity contribution in [1.29, 1.82) is 0 Å². The Hall–Kier alpha value is -3.31. The fourth-order valence-corrected chi connectivity index (χ4v) is 3.56. The van der Waals surface area contributed by atoms with Crippen LogP contribution in [0.15, 0.2) is 18.2 Å². The van der Waals surface area contributed by atoms with Crippen molar-refractivity contribution < 1.29 is 28.7 Å². The van der Waals surface area contributed by atoms with E-state index in [4.69, 9.17) is 4.74 Å². The minimum atomic E-state index is -0.760. The Bertz CT molecular complexity index is 847. The predicted molar refractivity (Wildman–Crippen MR) is 120 cm³/mol. The second-order valence-electron chi connectivity index (χ2n) is 7.43. The van der Waals surface area contributed by atoms with Crippen LogP contribution < -0.4 is 21.3 Å². The smallest absolute Gasteiger partial charge is 0.255 e. The number of amides is 5. The standard InChI is InChI=1S/C22H31N5O6/c1-2-4-19(21(31)25-15-29)27-13-17-16(22(27)32)5-3-6-18(17)26-20(30)7-8-23-9-11-33-12-10-24-14-28/h3,5-6,14-15,19,23H,2,4,7-13H2,1H3,(H,24,28)(H,26,30)(H,25,29,31). The molecule has 11 heteroatoms. The lowest BCUT2D eigenvalue weighted by atomic mass is 10.1. The highest BCUT2D eigenvalue weighted by Crippen LogP contribution is 2.31. The molecule has 0 spiro atoms. The van der Waals surface area contributed by atoms with Gasteiger partial charge in [0.1, 0.15) is 6.04 Å². The maximum Gasteiger partial charge on any atom is 0.255 e. The van der Waals surface area contributed by atoms with Gasteiger partial charge >= 0.3 is 0 Å². The number of rotatable bonds is 16. The van der Waals surface area contributed by atoms with Crippen molar-refractivity contribution in [2.24, 2.45) is 0 Å². The number of hydrogen-bond acceptors (Lipinski definition) is 7. The van der Waals surface area contributed by atoms with Crippen LogP contribution in [0, 0.1) is 0 Å². The number of fused-ring (bicyclic) bond motifs is 1. The van der Waals surface area contributed by atoms with Gasteiger partial charge in [0.15, 0.2) is 0 Å². The zero-order valence-corrected chi connectivity index (χ0v) is 18.7. The van der Waals surface area contributed by atoms with Gasteiger partial charge in [-0.25, -0.2) is 0 Å². The number of carbonyl (C=O) groups excluding carboxylic acids is 5. The van der Waals surface area contributed by atoms with E-state index in [0.29, 0.717) is 75.3 Å². The molecule has 1 atom stereocenters. The van der Waals surface area contributed by atoms with Gasteiger partial charge in [0, 0.05) is 49.4 Å². The molecule has 1 heterocycles. The van der Waals surface area contributed by atoms with Crippen molar-refractivity contribution in [3.05, 3.63) is 29.3 Å². The Morgan fingerprint density at radius 2 is 1.94 bits per heavy atom. The molecule has 0 radical (unpaired) electrons. The van der Waals surface area contributed by atoms with Crippen molar-refractivity contribution in [2.75, 3.05) is 38.2 Å². The predicted octanol–water partition coefficient (Wildman–Crippen LogP) is -0.235. The molecule has 5 amide bonds. The fourth-order valence-electron chi connectivity index (χ4n) is 3.56. The van der Waals surface area contributed by atoms with Crippen LogP contribution in [0.4, 0.5) is 5.69 Å². The van der Waals surface area contributed by atoms with Crippen LogP contribution in [0.5, 0.6) is 0 Å². The van der Waals surface area contributed by atoms with E-state index >= 15 is 0 Å². The number of nitrogens with one attached hydrogen (secondary N) is 4. The molecule has 0 saturated heterocycles. The first kappa shape index (κ1) is 25.9. The van der Waals surface area contributed by atoms with E-state index in [1.165, 1.54) is 4.90 Å². The maximum atomic E-state index is 12.9. The molecule has 1 aromatic carbocycles. The average molecular weight is 462 g/mol. The number of hydrogen-bond donors (Lipinski definition) is 4. The van der Waals surface area contributed by atoms with Gasteiger partial charge in [0.2, 0.25) is 24.6 Å². The summed E-state index contributed by atoms with van der Waals surface area (Å²) in [5.41, 5.74) is 1.62. The molecular weight excluding hydrogens is 430 g/mol. The minimum Gasteiger partial charge on any atom is -0.378 e. The number of benzene rings is 1. The molecule has 4 N–H and O–H groups in total. The van der Waals surface area contributed by atoms with E-state index in [9.17, 15) is 24.0 Å². The van der Waals surface area contributed by atoms with E-state index in [0.717, 1.165) is 0 Å². The fraction of sp³-hybridized carbons (Fsp3) is 0.500. The third-order valence-corrected chi connectivity index (χ3v) is 5.14. The van der Waals surface area contributed by atoms with Crippen molar-refractivity contribution in [3.63, 3.8) is 0 Å². The number of anilines is 1. The first-order valence-electron chi connectivity index (χ1n) is 11.0. The van der Waals surface area contributed by atoms with E-state index < -0.39 is 11.9 Å². The zero-order chi connectivity index (χ0) is 24.1. The molecule has 2 rings (SSSR count). The van der Waals surface area contributed by atoms with Crippen LogP contribution in [0.3, 0.4) is 0 Å². The number of imide groups is 1. The van der Waals surface area contributed by atoms with Crippen LogP contribution >= 0.6 is 0 Å². The van der Waals surface area contributed by atoms with Crippen molar-refractivity contribution >= 4 is 36.2 Å². The highest BCUT2D eigenvalue weighted by molar-refractivity contribution is 6.04. The highest BCUT2D eigenvalue weighted by Gasteiger charge is 2.37. The molecule has 1 aromatic rings. The van der Waals surface area contributed by atoms with Crippen molar-refractivity contribution in [3.8, 4) is 0 Å².